The first kappa shape index (κ1) is 15.5. The molecule has 1 heterocycles. The van der Waals surface area contributed by atoms with Gasteiger partial charge in [0.15, 0.2) is 0 Å². The fourth-order valence-electron chi connectivity index (χ4n) is 2.37. The second kappa shape index (κ2) is 5.87. The molecule has 0 radical (unpaired) electrons. The Kier molecular flexibility index (Phi) is 4.34. The van der Waals surface area contributed by atoms with Crippen molar-refractivity contribution >= 4 is 11.8 Å². The van der Waals surface area contributed by atoms with Gasteiger partial charge in [-0.1, -0.05) is 0 Å². The first-order chi connectivity index (χ1) is 9.84. The third-order valence-electron chi connectivity index (χ3n) is 3.87. The summed E-state index contributed by atoms with van der Waals surface area (Å²) >= 11 is 0. The summed E-state index contributed by atoms with van der Waals surface area (Å²) in [4.78, 5) is 23.9. The second-order valence-corrected chi connectivity index (χ2v) is 6.39. The highest BCUT2D eigenvalue weighted by atomic mass is 16.2. The lowest BCUT2D eigenvalue weighted by molar-refractivity contribution is -0.121. The van der Waals surface area contributed by atoms with Crippen molar-refractivity contribution in [1.29, 1.82) is 0 Å². The van der Waals surface area contributed by atoms with Crippen LogP contribution in [0.2, 0.25) is 0 Å². The molecule has 2 rings (SSSR count). The zero-order valence-corrected chi connectivity index (χ0v) is 13.2. The van der Waals surface area contributed by atoms with Crippen LogP contribution in [0.4, 0.5) is 0 Å². The predicted molar refractivity (Wildman–Crippen MR) is 80.1 cm³/mol. The Balaban J connectivity index is 2.03. The molecule has 1 fully saturated rings. The molecule has 1 aromatic rings. The highest BCUT2D eigenvalue weighted by Gasteiger charge is 2.33. The van der Waals surface area contributed by atoms with E-state index in [1.165, 1.54) is 0 Å². The number of hydrogen-bond acceptors (Lipinski definition) is 3. The van der Waals surface area contributed by atoms with Crippen LogP contribution in [0.15, 0.2) is 0 Å². The van der Waals surface area contributed by atoms with Crippen LogP contribution in [0.3, 0.4) is 0 Å². The number of nitrogens with zero attached hydrogens (tertiary/aromatic N) is 1. The fraction of sp³-hybridized carbons (Fsp3) is 0.667. The molecule has 116 valence electrons. The van der Waals surface area contributed by atoms with Gasteiger partial charge < -0.3 is 10.6 Å². The van der Waals surface area contributed by atoms with Crippen molar-refractivity contribution in [3.8, 4) is 0 Å². The monoisotopic (exact) mass is 292 g/mol. The highest BCUT2D eigenvalue weighted by Crippen LogP contribution is 2.41. The summed E-state index contributed by atoms with van der Waals surface area (Å²) in [6, 6.07) is 0. The van der Waals surface area contributed by atoms with Crippen molar-refractivity contribution in [2.24, 2.45) is 0 Å². The Hall–Kier alpha value is -1.85. The summed E-state index contributed by atoms with van der Waals surface area (Å²) in [5, 5.41) is 12.8. The van der Waals surface area contributed by atoms with Crippen molar-refractivity contribution in [2.75, 3.05) is 7.05 Å². The molecule has 6 nitrogen and oxygen atoms in total. The van der Waals surface area contributed by atoms with Gasteiger partial charge in [-0.05, 0) is 40.0 Å². The van der Waals surface area contributed by atoms with Crippen LogP contribution in [-0.4, -0.2) is 34.6 Å². The summed E-state index contributed by atoms with van der Waals surface area (Å²) < 4.78 is 0. The van der Waals surface area contributed by atoms with Gasteiger partial charge in [0, 0.05) is 30.6 Å². The minimum absolute atomic E-state index is 0.0181. The topological polar surface area (TPSA) is 86.9 Å². The summed E-state index contributed by atoms with van der Waals surface area (Å²) in [6.45, 7) is 5.73. The standard InChI is InChI=1S/C15H24N4O2/c1-9-12(13(19-18-9)10-5-6-10)14(21)17-15(2,3)8-7-11(20)16-4/h10H,5-8H2,1-4H3,(H,16,20)(H,17,21)(H,18,19). The molecule has 21 heavy (non-hydrogen) atoms. The number of hydrogen-bond donors (Lipinski definition) is 3. The van der Waals surface area contributed by atoms with E-state index in [1.54, 1.807) is 7.05 Å². The molecule has 6 heteroatoms. The average Bonchev–Trinajstić information content (AvgIpc) is 3.18. The maximum Gasteiger partial charge on any atom is 0.255 e. The smallest absolute Gasteiger partial charge is 0.255 e. The fourth-order valence-corrected chi connectivity index (χ4v) is 2.37. The van der Waals surface area contributed by atoms with E-state index in [9.17, 15) is 9.59 Å². The van der Waals surface area contributed by atoms with E-state index >= 15 is 0 Å². The van der Waals surface area contributed by atoms with Crippen LogP contribution < -0.4 is 10.6 Å². The van der Waals surface area contributed by atoms with Crippen molar-refractivity contribution in [2.45, 2.75) is 57.9 Å². The molecule has 0 unspecified atom stereocenters. The quantitative estimate of drug-likeness (QED) is 0.744. The summed E-state index contributed by atoms with van der Waals surface area (Å²) in [5.74, 6) is 0.297. The Morgan fingerprint density at radius 2 is 2.05 bits per heavy atom. The molecular weight excluding hydrogens is 268 g/mol. The number of amides is 2. The van der Waals surface area contributed by atoms with Crippen LogP contribution in [0, 0.1) is 6.92 Å². The number of carbonyl (C=O) groups excluding carboxylic acids is 2. The maximum absolute atomic E-state index is 12.5. The van der Waals surface area contributed by atoms with E-state index in [0.717, 1.165) is 24.2 Å². The number of nitrogens with one attached hydrogen (secondary N) is 3. The average molecular weight is 292 g/mol. The Morgan fingerprint density at radius 3 is 2.62 bits per heavy atom. The Bertz CT molecular complexity index is 544. The first-order valence-electron chi connectivity index (χ1n) is 7.42. The maximum atomic E-state index is 12.5. The SMILES string of the molecule is CNC(=O)CCC(C)(C)NC(=O)c1c(C2CC2)n[nH]c1C. The summed E-state index contributed by atoms with van der Waals surface area (Å²) in [7, 11) is 1.62. The van der Waals surface area contributed by atoms with Crippen molar-refractivity contribution in [3.63, 3.8) is 0 Å². The first-order valence-corrected chi connectivity index (χ1v) is 7.42. The molecule has 1 aliphatic carbocycles. The van der Waals surface area contributed by atoms with Crippen molar-refractivity contribution in [1.82, 2.24) is 20.8 Å². The van der Waals surface area contributed by atoms with Gasteiger partial charge in [-0.2, -0.15) is 5.10 Å². The van der Waals surface area contributed by atoms with Crippen LogP contribution in [0.25, 0.3) is 0 Å². The zero-order valence-electron chi connectivity index (χ0n) is 13.2. The van der Waals surface area contributed by atoms with E-state index in [1.807, 2.05) is 20.8 Å². The van der Waals surface area contributed by atoms with Gasteiger partial charge >= 0.3 is 0 Å². The van der Waals surface area contributed by atoms with Crippen LogP contribution >= 0.6 is 0 Å². The summed E-state index contributed by atoms with van der Waals surface area (Å²) in [6.07, 6.45) is 3.19. The van der Waals surface area contributed by atoms with Gasteiger partial charge in [0.05, 0.1) is 11.3 Å². The lowest BCUT2D eigenvalue weighted by Gasteiger charge is -2.26. The Labute approximate surface area is 125 Å². The van der Waals surface area contributed by atoms with Crippen molar-refractivity contribution < 1.29 is 9.59 Å². The van der Waals surface area contributed by atoms with E-state index in [-0.39, 0.29) is 11.8 Å². The van der Waals surface area contributed by atoms with E-state index in [0.29, 0.717) is 24.3 Å². The van der Waals surface area contributed by atoms with E-state index in [2.05, 4.69) is 20.8 Å². The number of aryl methyl sites for hydroxylation is 1. The van der Waals surface area contributed by atoms with E-state index in [4.69, 9.17) is 0 Å². The molecule has 1 aromatic heterocycles. The van der Waals surface area contributed by atoms with Crippen LogP contribution in [0.5, 0.6) is 0 Å². The third-order valence-corrected chi connectivity index (χ3v) is 3.87. The van der Waals surface area contributed by atoms with E-state index < -0.39 is 5.54 Å². The van der Waals surface area contributed by atoms with Gasteiger partial charge in [0.25, 0.3) is 5.91 Å². The van der Waals surface area contributed by atoms with Gasteiger partial charge in [0.1, 0.15) is 0 Å². The second-order valence-electron chi connectivity index (χ2n) is 6.39. The molecular formula is C15H24N4O2. The molecule has 0 bridgehead atoms. The lowest BCUT2D eigenvalue weighted by Crippen LogP contribution is -2.44. The molecule has 2 amide bonds. The number of rotatable bonds is 6. The third kappa shape index (κ3) is 3.83. The zero-order chi connectivity index (χ0) is 15.6. The number of carbonyl (C=O) groups is 2. The molecule has 0 aliphatic heterocycles. The molecule has 0 saturated heterocycles. The molecule has 1 aliphatic rings. The summed E-state index contributed by atoms with van der Waals surface area (Å²) in [5.41, 5.74) is 1.92. The predicted octanol–water partition coefficient (Wildman–Crippen LogP) is 1.63. The van der Waals surface area contributed by atoms with Gasteiger partial charge in [0.2, 0.25) is 5.91 Å². The van der Waals surface area contributed by atoms with Gasteiger partial charge in [-0.15, -0.1) is 0 Å². The molecule has 3 N–H and O–H groups in total. The van der Waals surface area contributed by atoms with Crippen LogP contribution in [-0.2, 0) is 4.79 Å². The number of aromatic amines is 1. The minimum Gasteiger partial charge on any atom is -0.359 e. The molecule has 0 spiro atoms. The van der Waals surface area contributed by atoms with Crippen molar-refractivity contribution in [3.05, 3.63) is 17.0 Å². The van der Waals surface area contributed by atoms with Gasteiger partial charge in [-0.3, -0.25) is 14.7 Å². The lowest BCUT2D eigenvalue weighted by atomic mass is 9.97. The number of aromatic nitrogens is 2. The largest absolute Gasteiger partial charge is 0.359 e. The number of H-pyrrole nitrogens is 1. The minimum atomic E-state index is -0.436. The van der Waals surface area contributed by atoms with Gasteiger partial charge in [-0.25, -0.2) is 0 Å². The normalized spacial score (nSPS) is 14.9. The highest BCUT2D eigenvalue weighted by molar-refractivity contribution is 5.97. The Morgan fingerprint density at radius 1 is 1.38 bits per heavy atom. The van der Waals surface area contributed by atoms with Crippen LogP contribution in [0.1, 0.15) is 67.2 Å². The molecule has 0 atom stereocenters. The molecule has 1 saturated carbocycles. The molecule has 0 aromatic carbocycles.